The van der Waals surface area contributed by atoms with Gasteiger partial charge in [-0.2, -0.15) is 0 Å². The molecule has 0 spiro atoms. The lowest BCUT2D eigenvalue weighted by Gasteiger charge is -2.15. The van der Waals surface area contributed by atoms with Gasteiger partial charge in [-0.1, -0.05) is 36.4 Å². The van der Waals surface area contributed by atoms with Gasteiger partial charge in [-0.05, 0) is 59.9 Å². The summed E-state index contributed by atoms with van der Waals surface area (Å²) in [6.07, 6.45) is 12.3. The molecule has 1 atom stereocenters. The van der Waals surface area contributed by atoms with E-state index in [4.69, 9.17) is 9.73 Å². The SMILES string of the molecule is COc1ccc(C2=CC=CC3=CC(Nc4ccccn4)=NC3CC2)cc1. The van der Waals surface area contributed by atoms with Crippen LogP contribution in [0.2, 0.25) is 0 Å². The fraction of sp³-hybridized carbons (Fsp3) is 0.182. The summed E-state index contributed by atoms with van der Waals surface area (Å²) in [4.78, 5) is 9.14. The van der Waals surface area contributed by atoms with Gasteiger partial charge in [0, 0.05) is 6.20 Å². The largest absolute Gasteiger partial charge is 0.497 e. The number of nitrogens with zero attached hydrogens (tertiary/aromatic N) is 2. The first kappa shape index (κ1) is 16.3. The van der Waals surface area contributed by atoms with Crippen LogP contribution in [-0.4, -0.2) is 24.0 Å². The van der Waals surface area contributed by atoms with Crippen molar-refractivity contribution in [2.75, 3.05) is 12.4 Å². The van der Waals surface area contributed by atoms with Crippen LogP contribution in [0.15, 0.2) is 83.5 Å². The van der Waals surface area contributed by atoms with Crippen molar-refractivity contribution in [1.82, 2.24) is 4.98 Å². The Labute approximate surface area is 153 Å². The summed E-state index contributed by atoms with van der Waals surface area (Å²) in [5.74, 6) is 2.58. The summed E-state index contributed by atoms with van der Waals surface area (Å²) in [5.41, 5.74) is 3.80. The second-order valence-corrected chi connectivity index (χ2v) is 6.33. The topological polar surface area (TPSA) is 46.5 Å². The van der Waals surface area contributed by atoms with Crippen molar-refractivity contribution in [3.05, 3.63) is 84.1 Å². The number of rotatable bonds is 3. The van der Waals surface area contributed by atoms with Crippen LogP contribution in [0, 0.1) is 0 Å². The Hall–Kier alpha value is -3.14. The smallest absolute Gasteiger partial charge is 0.131 e. The third kappa shape index (κ3) is 3.59. The monoisotopic (exact) mass is 343 g/mol. The minimum Gasteiger partial charge on any atom is -0.497 e. The summed E-state index contributed by atoms with van der Waals surface area (Å²) >= 11 is 0. The Morgan fingerprint density at radius 1 is 1.12 bits per heavy atom. The van der Waals surface area contributed by atoms with E-state index < -0.39 is 0 Å². The molecule has 4 rings (SSSR count). The number of hydrogen-bond acceptors (Lipinski definition) is 4. The molecule has 0 fully saturated rings. The molecule has 0 radical (unpaired) electrons. The fourth-order valence-electron chi connectivity index (χ4n) is 3.26. The van der Waals surface area contributed by atoms with Gasteiger partial charge in [0.15, 0.2) is 0 Å². The van der Waals surface area contributed by atoms with Crippen LogP contribution in [0.4, 0.5) is 5.82 Å². The number of amidine groups is 1. The highest BCUT2D eigenvalue weighted by Gasteiger charge is 2.20. The second-order valence-electron chi connectivity index (χ2n) is 6.33. The Morgan fingerprint density at radius 2 is 2.00 bits per heavy atom. The number of fused-ring (bicyclic) bond motifs is 1. The normalized spacial score (nSPS) is 18.8. The number of ether oxygens (including phenoxy) is 1. The molecule has 1 aliphatic carbocycles. The van der Waals surface area contributed by atoms with E-state index >= 15 is 0 Å². The van der Waals surface area contributed by atoms with E-state index in [-0.39, 0.29) is 6.04 Å². The zero-order valence-corrected chi connectivity index (χ0v) is 14.7. The van der Waals surface area contributed by atoms with Crippen LogP contribution in [-0.2, 0) is 0 Å². The van der Waals surface area contributed by atoms with Crippen LogP contribution in [0.25, 0.3) is 5.57 Å². The molecule has 4 nitrogen and oxygen atoms in total. The molecule has 0 saturated heterocycles. The molecule has 1 unspecified atom stereocenters. The van der Waals surface area contributed by atoms with Gasteiger partial charge in [0.25, 0.3) is 0 Å². The Bertz CT molecular complexity index is 893. The summed E-state index contributed by atoms with van der Waals surface area (Å²) in [6.45, 7) is 0. The van der Waals surface area contributed by atoms with Crippen molar-refractivity contribution in [1.29, 1.82) is 0 Å². The molecule has 26 heavy (non-hydrogen) atoms. The molecule has 2 aliphatic rings. The number of aliphatic imine (C=N–C) groups is 1. The van der Waals surface area contributed by atoms with Gasteiger partial charge in [0.05, 0.1) is 13.2 Å². The number of hydrogen-bond donors (Lipinski definition) is 1. The standard InChI is InChI=1S/C22H21N3O/c1-26-19-11-8-17(9-12-19)16-5-4-6-18-15-22(24-20(18)13-10-16)25-21-7-2-3-14-23-21/h2-9,11-12,14-15,20H,10,13H2,1H3,(H,23,24,25). The molecule has 0 saturated carbocycles. The minimum atomic E-state index is 0.194. The van der Waals surface area contributed by atoms with Gasteiger partial charge in [0.2, 0.25) is 0 Å². The van der Waals surface area contributed by atoms with E-state index in [1.807, 2.05) is 30.3 Å². The second kappa shape index (κ2) is 7.40. The zero-order valence-electron chi connectivity index (χ0n) is 14.7. The quantitative estimate of drug-likeness (QED) is 0.883. The molecule has 2 heterocycles. The number of allylic oxidation sites excluding steroid dienone is 3. The van der Waals surface area contributed by atoms with Crippen molar-refractivity contribution >= 4 is 17.2 Å². The maximum absolute atomic E-state index is 5.25. The lowest BCUT2D eigenvalue weighted by atomic mass is 9.93. The Kier molecular flexibility index (Phi) is 4.65. The molecular formula is C22H21N3O. The van der Waals surface area contributed by atoms with Crippen LogP contribution < -0.4 is 10.1 Å². The van der Waals surface area contributed by atoms with E-state index in [0.717, 1.165) is 30.2 Å². The van der Waals surface area contributed by atoms with Crippen molar-refractivity contribution in [2.45, 2.75) is 18.9 Å². The van der Waals surface area contributed by atoms with Crippen molar-refractivity contribution in [3.8, 4) is 5.75 Å². The molecule has 4 heteroatoms. The van der Waals surface area contributed by atoms with Crippen molar-refractivity contribution in [3.63, 3.8) is 0 Å². The number of pyridine rings is 1. The minimum absolute atomic E-state index is 0.194. The molecular weight excluding hydrogens is 322 g/mol. The molecule has 2 aromatic rings. The van der Waals surface area contributed by atoms with Gasteiger partial charge in [-0.15, -0.1) is 0 Å². The van der Waals surface area contributed by atoms with Gasteiger partial charge in [-0.25, -0.2) is 4.98 Å². The van der Waals surface area contributed by atoms with Crippen molar-refractivity contribution in [2.24, 2.45) is 4.99 Å². The van der Waals surface area contributed by atoms with E-state index in [2.05, 4.69) is 46.7 Å². The molecule has 1 N–H and O–H groups in total. The zero-order chi connectivity index (χ0) is 17.8. The summed E-state index contributed by atoms with van der Waals surface area (Å²) in [7, 11) is 1.69. The van der Waals surface area contributed by atoms with Crippen LogP contribution >= 0.6 is 0 Å². The van der Waals surface area contributed by atoms with E-state index in [0.29, 0.717) is 0 Å². The highest BCUT2D eigenvalue weighted by atomic mass is 16.5. The third-order valence-electron chi connectivity index (χ3n) is 4.64. The molecule has 0 bridgehead atoms. The Balaban J connectivity index is 1.49. The Morgan fingerprint density at radius 3 is 2.77 bits per heavy atom. The van der Waals surface area contributed by atoms with Gasteiger partial charge < -0.3 is 10.1 Å². The number of benzene rings is 1. The first-order chi connectivity index (χ1) is 12.8. The maximum Gasteiger partial charge on any atom is 0.131 e. The lowest BCUT2D eigenvalue weighted by molar-refractivity contribution is 0.415. The average molecular weight is 343 g/mol. The predicted octanol–water partition coefficient (Wildman–Crippen LogP) is 4.64. The van der Waals surface area contributed by atoms with Crippen LogP contribution in [0.5, 0.6) is 5.75 Å². The van der Waals surface area contributed by atoms with Crippen LogP contribution in [0.1, 0.15) is 18.4 Å². The van der Waals surface area contributed by atoms with Gasteiger partial charge >= 0.3 is 0 Å². The van der Waals surface area contributed by atoms with E-state index in [9.17, 15) is 0 Å². The van der Waals surface area contributed by atoms with Gasteiger partial charge in [-0.3, -0.25) is 4.99 Å². The number of anilines is 1. The van der Waals surface area contributed by atoms with E-state index in [1.54, 1.807) is 13.3 Å². The number of aromatic nitrogens is 1. The summed E-state index contributed by atoms with van der Waals surface area (Å²) in [6, 6.07) is 14.3. The third-order valence-corrected chi connectivity index (χ3v) is 4.64. The van der Waals surface area contributed by atoms with Crippen LogP contribution in [0.3, 0.4) is 0 Å². The average Bonchev–Trinajstić information content (AvgIpc) is 3.04. The molecule has 1 aromatic heterocycles. The summed E-state index contributed by atoms with van der Waals surface area (Å²) < 4.78 is 5.25. The van der Waals surface area contributed by atoms with Gasteiger partial charge in [0.1, 0.15) is 17.4 Å². The summed E-state index contributed by atoms with van der Waals surface area (Å²) in [5, 5.41) is 3.29. The highest BCUT2D eigenvalue weighted by molar-refractivity contribution is 6.06. The number of nitrogens with one attached hydrogen (secondary N) is 1. The molecule has 130 valence electrons. The lowest BCUT2D eigenvalue weighted by Crippen LogP contribution is -2.09. The molecule has 1 aliphatic heterocycles. The maximum atomic E-state index is 5.25. The molecule has 0 amide bonds. The van der Waals surface area contributed by atoms with E-state index in [1.165, 1.54) is 16.7 Å². The highest BCUT2D eigenvalue weighted by Crippen LogP contribution is 2.30. The molecule has 1 aromatic carbocycles. The number of methoxy groups -OCH3 is 1. The predicted molar refractivity (Wildman–Crippen MR) is 107 cm³/mol. The van der Waals surface area contributed by atoms with Crippen molar-refractivity contribution < 1.29 is 4.74 Å². The first-order valence-corrected chi connectivity index (χ1v) is 8.81. The first-order valence-electron chi connectivity index (χ1n) is 8.81. The fourth-order valence-corrected chi connectivity index (χ4v) is 3.26.